The molecule has 0 saturated heterocycles. The number of aliphatic imine (C=N–C) groups is 1. The summed E-state index contributed by atoms with van der Waals surface area (Å²) in [5.74, 6) is 1.28. The summed E-state index contributed by atoms with van der Waals surface area (Å²) in [6.45, 7) is 6.47. The van der Waals surface area contributed by atoms with Crippen molar-refractivity contribution in [3.05, 3.63) is 29.8 Å². The molecule has 0 saturated carbocycles. The first kappa shape index (κ1) is 11.8. The Kier molecular flexibility index (Phi) is 4.35. The van der Waals surface area contributed by atoms with E-state index < -0.39 is 0 Å². The van der Waals surface area contributed by atoms with Crippen LogP contribution in [0.3, 0.4) is 0 Å². The molecule has 0 amide bonds. The molecule has 1 aromatic rings. The highest BCUT2D eigenvalue weighted by molar-refractivity contribution is 5.82. The number of benzene rings is 1. The van der Waals surface area contributed by atoms with Crippen LogP contribution >= 0.6 is 0 Å². The molecule has 0 aromatic heterocycles. The molecule has 0 atom stereocenters. The van der Waals surface area contributed by atoms with Crippen LogP contribution in [0, 0.1) is 0 Å². The van der Waals surface area contributed by atoms with Gasteiger partial charge >= 0.3 is 0 Å². The fourth-order valence-electron chi connectivity index (χ4n) is 1.41. The van der Waals surface area contributed by atoms with E-state index in [1.165, 1.54) is 5.56 Å². The van der Waals surface area contributed by atoms with Gasteiger partial charge in [0.2, 0.25) is 0 Å². The van der Waals surface area contributed by atoms with E-state index >= 15 is 0 Å². The van der Waals surface area contributed by atoms with E-state index in [0.29, 0.717) is 5.92 Å². The Morgan fingerprint density at radius 3 is 2.33 bits per heavy atom. The van der Waals surface area contributed by atoms with Crippen molar-refractivity contribution in [2.45, 2.75) is 39.5 Å². The lowest BCUT2D eigenvalue weighted by atomic mass is 10.0. The summed E-state index contributed by atoms with van der Waals surface area (Å²) in [5, 5.41) is 0. The third-order valence-corrected chi connectivity index (χ3v) is 2.34. The number of nitrogens with zero attached hydrogens (tertiary/aromatic N) is 1. The van der Waals surface area contributed by atoms with Gasteiger partial charge in [-0.25, -0.2) is 4.99 Å². The zero-order chi connectivity index (χ0) is 11.3. The van der Waals surface area contributed by atoms with Crippen molar-refractivity contribution >= 4 is 11.5 Å². The van der Waals surface area contributed by atoms with Crippen LogP contribution in [0.4, 0.5) is 5.69 Å². The van der Waals surface area contributed by atoms with Gasteiger partial charge in [-0.05, 0) is 30.0 Å². The highest BCUT2D eigenvalue weighted by Crippen LogP contribution is 2.19. The summed E-state index contributed by atoms with van der Waals surface area (Å²) in [5.41, 5.74) is 8.05. The smallest absolute Gasteiger partial charge is 0.0996 e. The van der Waals surface area contributed by atoms with E-state index in [9.17, 15) is 0 Å². The van der Waals surface area contributed by atoms with Crippen molar-refractivity contribution in [3.63, 3.8) is 0 Å². The fourth-order valence-corrected chi connectivity index (χ4v) is 1.41. The standard InChI is InChI=1S/C13H20N2/c1-4-5-13(14)15-12-8-6-11(7-9-12)10(2)3/h6-10H,4-5H2,1-3H3,(H2,14,15). The summed E-state index contributed by atoms with van der Waals surface area (Å²) in [6.07, 6.45) is 1.91. The van der Waals surface area contributed by atoms with Crippen molar-refractivity contribution in [1.82, 2.24) is 0 Å². The third kappa shape index (κ3) is 3.74. The molecule has 0 unspecified atom stereocenters. The largest absolute Gasteiger partial charge is 0.387 e. The molecule has 82 valence electrons. The highest BCUT2D eigenvalue weighted by atomic mass is 14.8. The second-order valence-corrected chi connectivity index (χ2v) is 4.10. The molecule has 0 heterocycles. The Morgan fingerprint density at radius 2 is 1.87 bits per heavy atom. The average molecular weight is 204 g/mol. The second kappa shape index (κ2) is 5.54. The monoisotopic (exact) mass is 204 g/mol. The first-order chi connectivity index (χ1) is 7.13. The Morgan fingerprint density at radius 1 is 1.27 bits per heavy atom. The van der Waals surface area contributed by atoms with E-state index in [2.05, 4.69) is 37.9 Å². The molecular weight excluding hydrogens is 184 g/mol. The van der Waals surface area contributed by atoms with Crippen LogP contribution in [-0.2, 0) is 0 Å². The molecule has 0 aliphatic carbocycles. The van der Waals surface area contributed by atoms with E-state index in [1.54, 1.807) is 0 Å². The van der Waals surface area contributed by atoms with Crippen LogP contribution in [-0.4, -0.2) is 5.84 Å². The normalized spacial score (nSPS) is 12.1. The van der Waals surface area contributed by atoms with Crippen molar-refractivity contribution in [3.8, 4) is 0 Å². The Balaban J connectivity index is 2.76. The quantitative estimate of drug-likeness (QED) is 0.590. The van der Waals surface area contributed by atoms with Crippen LogP contribution in [0.25, 0.3) is 0 Å². The van der Waals surface area contributed by atoms with Gasteiger partial charge in [0.1, 0.15) is 0 Å². The van der Waals surface area contributed by atoms with Gasteiger partial charge in [-0.1, -0.05) is 32.9 Å². The third-order valence-electron chi connectivity index (χ3n) is 2.34. The van der Waals surface area contributed by atoms with Gasteiger partial charge in [0.05, 0.1) is 11.5 Å². The number of rotatable bonds is 4. The molecule has 2 heteroatoms. The summed E-state index contributed by atoms with van der Waals surface area (Å²) in [6, 6.07) is 8.28. The Labute approximate surface area is 92.2 Å². The molecule has 0 aliphatic rings. The van der Waals surface area contributed by atoms with Gasteiger partial charge in [0.25, 0.3) is 0 Å². The number of nitrogens with two attached hydrogens (primary N) is 1. The SMILES string of the molecule is CCCC(N)=Nc1ccc(C(C)C)cc1. The lowest BCUT2D eigenvalue weighted by Crippen LogP contribution is -2.09. The number of amidine groups is 1. The average Bonchev–Trinajstić information content (AvgIpc) is 2.18. The maximum atomic E-state index is 5.76. The summed E-state index contributed by atoms with van der Waals surface area (Å²) >= 11 is 0. The van der Waals surface area contributed by atoms with Crippen LogP contribution in [0.1, 0.15) is 45.1 Å². The van der Waals surface area contributed by atoms with E-state index in [0.717, 1.165) is 24.4 Å². The molecule has 2 N–H and O–H groups in total. The van der Waals surface area contributed by atoms with Crippen LogP contribution in [0.5, 0.6) is 0 Å². The first-order valence-electron chi connectivity index (χ1n) is 5.56. The predicted molar refractivity (Wildman–Crippen MR) is 66.7 cm³/mol. The lowest BCUT2D eigenvalue weighted by molar-refractivity contribution is 0.867. The zero-order valence-electron chi connectivity index (χ0n) is 9.83. The minimum absolute atomic E-state index is 0.566. The maximum absolute atomic E-state index is 5.76. The second-order valence-electron chi connectivity index (χ2n) is 4.10. The minimum Gasteiger partial charge on any atom is -0.387 e. The molecule has 0 aliphatic heterocycles. The molecule has 15 heavy (non-hydrogen) atoms. The molecule has 1 rings (SSSR count). The van der Waals surface area contributed by atoms with Gasteiger partial charge in [0, 0.05) is 6.42 Å². The molecule has 0 radical (unpaired) electrons. The van der Waals surface area contributed by atoms with Gasteiger partial charge in [-0.15, -0.1) is 0 Å². The van der Waals surface area contributed by atoms with Crippen LogP contribution in [0.2, 0.25) is 0 Å². The van der Waals surface area contributed by atoms with Crippen molar-refractivity contribution in [2.75, 3.05) is 0 Å². The number of hydrogen-bond acceptors (Lipinski definition) is 1. The van der Waals surface area contributed by atoms with E-state index in [4.69, 9.17) is 5.73 Å². The Bertz CT molecular complexity index is 323. The topological polar surface area (TPSA) is 38.4 Å². The molecule has 0 bridgehead atoms. The Hall–Kier alpha value is -1.31. The van der Waals surface area contributed by atoms with Crippen molar-refractivity contribution in [2.24, 2.45) is 10.7 Å². The minimum atomic E-state index is 0.566. The van der Waals surface area contributed by atoms with Gasteiger partial charge < -0.3 is 5.73 Å². The number of hydrogen-bond donors (Lipinski definition) is 1. The maximum Gasteiger partial charge on any atom is 0.0996 e. The first-order valence-corrected chi connectivity index (χ1v) is 5.56. The summed E-state index contributed by atoms with van der Waals surface area (Å²) in [4.78, 5) is 4.34. The fraction of sp³-hybridized carbons (Fsp3) is 0.462. The molecule has 2 nitrogen and oxygen atoms in total. The lowest BCUT2D eigenvalue weighted by Gasteiger charge is -2.05. The molecule has 1 aromatic carbocycles. The van der Waals surface area contributed by atoms with Gasteiger partial charge in [-0.2, -0.15) is 0 Å². The summed E-state index contributed by atoms with van der Waals surface area (Å²) in [7, 11) is 0. The molecular formula is C13H20N2. The van der Waals surface area contributed by atoms with Gasteiger partial charge in [-0.3, -0.25) is 0 Å². The highest BCUT2D eigenvalue weighted by Gasteiger charge is 1.98. The van der Waals surface area contributed by atoms with Crippen molar-refractivity contribution < 1.29 is 0 Å². The van der Waals surface area contributed by atoms with Crippen molar-refractivity contribution in [1.29, 1.82) is 0 Å². The van der Waals surface area contributed by atoms with E-state index in [-0.39, 0.29) is 0 Å². The summed E-state index contributed by atoms with van der Waals surface area (Å²) < 4.78 is 0. The zero-order valence-corrected chi connectivity index (χ0v) is 9.83. The molecule has 0 spiro atoms. The van der Waals surface area contributed by atoms with Crippen LogP contribution in [0.15, 0.2) is 29.3 Å². The predicted octanol–water partition coefficient (Wildman–Crippen LogP) is 3.60. The van der Waals surface area contributed by atoms with Crippen LogP contribution < -0.4 is 5.73 Å². The van der Waals surface area contributed by atoms with Gasteiger partial charge in [0.15, 0.2) is 0 Å². The van der Waals surface area contributed by atoms with E-state index in [1.807, 2.05) is 12.1 Å². The molecule has 0 fully saturated rings.